The van der Waals surface area contributed by atoms with Crippen LogP contribution in [0.4, 0.5) is 10.5 Å². The van der Waals surface area contributed by atoms with Gasteiger partial charge in [0.05, 0.1) is 6.42 Å². The van der Waals surface area contributed by atoms with Gasteiger partial charge in [-0.1, -0.05) is 29.8 Å². The number of carbonyl (C=O) groups is 3. The van der Waals surface area contributed by atoms with Crippen molar-refractivity contribution >= 4 is 35.2 Å². The Morgan fingerprint density at radius 2 is 1.58 bits per heavy atom. The van der Waals surface area contributed by atoms with Crippen molar-refractivity contribution in [3.63, 3.8) is 0 Å². The summed E-state index contributed by atoms with van der Waals surface area (Å²) in [7, 11) is 0. The Kier molecular flexibility index (Phi) is 6.14. The Balaban J connectivity index is 1.86. The van der Waals surface area contributed by atoms with E-state index in [2.05, 4.69) is 10.6 Å². The van der Waals surface area contributed by atoms with Crippen LogP contribution in [0.3, 0.4) is 0 Å². The van der Waals surface area contributed by atoms with Gasteiger partial charge in [-0.05, 0) is 37.4 Å². The normalized spacial score (nSPS) is 10.1. The topological polar surface area (TPSA) is 75.3 Å². The first-order chi connectivity index (χ1) is 11.5. The number of benzene rings is 2. The largest absolute Gasteiger partial charge is 0.325 e. The van der Waals surface area contributed by atoms with E-state index in [-0.39, 0.29) is 12.2 Å². The molecule has 0 saturated heterocycles. The minimum absolute atomic E-state index is 0.330. The maximum Gasteiger partial charge on any atom is 0.325 e. The van der Waals surface area contributed by atoms with Crippen LogP contribution in [0.15, 0.2) is 53.4 Å². The summed E-state index contributed by atoms with van der Waals surface area (Å²) in [6, 6.07) is 13.5. The Labute approximate surface area is 144 Å². The lowest BCUT2D eigenvalue weighted by Crippen LogP contribution is -2.35. The van der Waals surface area contributed by atoms with Crippen LogP contribution in [-0.2, 0) is 4.79 Å². The molecule has 0 radical (unpaired) electrons. The number of hydrogen-bond donors (Lipinski definition) is 2. The molecule has 124 valence electrons. The highest BCUT2D eigenvalue weighted by Gasteiger charge is 2.14. The maximum atomic E-state index is 12.0. The average Bonchev–Trinajstić information content (AvgIpc) is 2.56. The van der Waals surface area contributed by atoms with E-state index in [0.29, 0.717) is 11.3 Å². The number of amides is 3. The summed E-state index contributed by atoms with van der Waals surface area (Å²) in [5, 5.41) is 4.70. The molecule has 24 heavy (non-hydrogen) atoms. The van der Waals surface area contributed by atoms with Crippen LogP contribution in [0, 0.1) is 6.92 Å². The second-order valence-electron chi connectivity index (χ2n) is 5.20. The number of Topliss-reactive ketones (excluding diaryl/α,β-unsaturated/α-hetero) is 1. The summed E-state index contributed by atoms with van der Waals surface area (Å²) in [5.74, 6) is -0.971. The molecule has 0 saturated carbocycles. The first kappa shape index (κ1) is 17.7. The van der Waals surface area contributed by atoms with Gasteiger partial charge >= 0.3 is 6.03 Å². The third kappa shape index (κ3) is 5.24. The molecule has 0 aromatic heterocycles. The van der Waals surface area contributed by atoms with Gasteiger partial charge in [0.15, 0.2) is 5.78 Å². The quantitative estimate of drug-likeness (QED) is 0.494. The summed E-state index contributed by atoms with van der Waals surface area (Å²) in [6.45, 7) is 1.94. The second-order valence-corrected chi connectivity index (χ2v) is 6.08. The van der Waals surface area contributed by atoms with E-state index in [0.717, 1.165) is 10.5 Å². The van der Waals surface area contributed by atoms with Crippen LogP contribution in [0.1, 0.15) is 22.3 Å². The highest BCUT2D eigenvalue weighted by molar-refractivity contribution is 7.98. The van der Waals surface area contributed by atoms with Gasteiger partial charge in [-0.2, -0.15) is 0 Å². The predicted molar refractivity (Wildman–Crippen MR) is 95.5 cm³/mol. The molecule has 0 aliphatic heterocycles. The third-order valence-corrected chi connectivity index (χ3v) is 4.04. The SMILES string of the molecule is CSc1ccc(C(=O)CC(=O)NC(=O)Nc2ccc(C)cc2)cc1. The molecular formula is C18H18N2O3S. The smallest absolute Gasteiger partial charge is 0.308 e. The highest BCUT2D eigenvalue weighted by Crippen LogP contribution is 2.15. The molecule has 2 aromatic rings. The van der Waals surface area contributed by atoms with Crippen molar-refractivity contribution in [1.82, 2.24) is 5.32 Å². The number of ketones is 1. The number of urea groups is 1. The molecule has 2 rings (SSSR count). The van der Waals surface area contributed by atoms with Crippen LogP contribution in [0.5, 0.6) is 0 Å². The zero-order chi connectivity index (χ0) is 17.5. The van der Waals surface area contributed by atoms with Crippen molar-refractivity contribution in [2.75, 3.05) is 11.6 Å². The molecule has 6 heteroatoms. The van der Waals surface area contributed by atoms with Gasteiger partial charge in [0.25, 0.3) is 0 Å². The molecule has 2 aromatic carbocycles. The van der Waals surface area contributed by atoms with Gasteiger partial charge in [0.2, 0.25) is 5.91 Å². The third-order valence-electron chi connectivity index (χ3n) is 3.30. The van der Waals surface area contributed by atoms with E-state index in [9.17, 15) is 14.4 Å². The lowest BCUT2D eigenvalue weighted by molar-refractivity contribution is -0.119. The van der Waals surface area contributed by atoms with E-state index in [1.54, 1.807) is 36.0 Å². The van der Waals surface area contributed by atoms with Gasteiger partial charge in [0.1, 0.15) is 0 Å². The first-order valence-electron chi connectivity index (χ1n) is 7.32. The zero-order valence-corrected chi connectivity index (χ0v) is 14.3. The highest BCUT2D eigenvalue weighted by atomic mass is 32.2. The number of thioether (sulfide) groups is 1. The number of nitrogens with one attached hydrogen (secondary N) is 2. The molecule has 0 spiro atoms. The maximum absolute atomic E-state index is 12.0. The van der Waals surface area contributed by atoms with Gasteiger partial charge < -0.3 is 5.32 Å². The summed E-state index contributed by atoms with van der Waals surface area (Å²) in [5.41, 5.74) is 2.09. The summed E-state index contributed by atoms with van der Waals surface area (Å²) in [6.07, 6.45) is 1.57. The lowest BCUT2D eigenvalue weighted by atomic mass is 10.1. The van der Waals surface area contributed by atoms with Gasteiger partial charge in [0, 0.05) is 16.1 Å². The minimum atomic E-state index is -0.658. The van der Waals surface area contributed by atoms with Crippen LogP contribution < -0.4 is 10.6 Å². The standard InChI is InChI=1S/C18H18N2O3S/c1-12-3-7-14(8-4-12)19-18(23)20-17(22)11-16(21)13-5-9-15(24-2)10-6-13/h3-10H,11H2,1-2H3,(H2,19,20,22,23). The molecule has 0 fully saturated rings. The number of hydrogen-bond acceptors (Lipinski definition) is 4. The molecular weight excluding hydrogens is 324 g/mol. The van der Waals surface area contributed by atoms with Crippen LogP contribution in [-0.4, -0.2) is 24.0 Å². The van der Waals surface area contributed by atoms with Crippen molar-refractivity contribution < 1.29 is 14.4 Å². The molecule has 0 unspecified atom stereocenters. The van der Waals surface area contributed by atoms with Gasteiger partial charge in [-0.3, -0.25) is 14.9 Å². The lowest BCUT2D eigenvalue weighted by Gasteiger charge is -2.07. The van der Waals surface area contributed by atoms with Crippen molar-refractivity contribution in [2.45, 2.75) is 18.2 Å². The first-order valence-corrected chi connectivity index (χ1v) is 8.55. The van der Waals surface area contributed by atoms with Crippen molar-refractivity contribution in [2.24, 2.45) is 0 Å². The molecule has 2 N–H and O–H groups in total. The van der Waals surface area contributed by atoms with E-state index in [1.807, 2.05) is 37.4 Å². The van der Waals surface area contributed by atoms with Crippen LogP contribution in [0.2, 0.25) is 0 Å². The number of anilines is 1. The summed E-state index contributed by atoms with van der Waals surface area (Å²) < 4.78 is 0. The van der Waals surface area contributed by atoms with E-state index in [1.165, 1.54) is 0 Å². The Hall–Kier alpha value is -2.60. The van der Waals surface area contributed by atoms with E-state index >= 15 is 0 Å². The fourth-order valence-corrected chi connectivity index (χ4v) is 2.40. The van der Waals surface area contributed by atoms with Crippen LogP contribution in [0.25, 0.3) is 0 Å². The van der Waals surface area contributed by atoms with Gasteiger partial charge in [-0.15, -0.1) is 11.8 Å². The fraction of sp³-hybridized carbons (Fsp3) is 0.167. The Bertz CT molecular complexity index is 740. The molecule has 0 atom stereocenters. The monoisotopic (exact) mass is 342 g/mol. The van der Waals surface area contributed by atoms with Crippen molar-refractivity contribution in [3.8, 4) is 0 Å². The Morgan fingerprint density at radius 1 is 0.958 bits per heavy atom. The number of aryl methyl sites for hydroxylation is 1. The van der Waals surface area contributed by atoms with Gasteiger partial charge in [-0.25, -0.2) is 4.79 Å². The van der Waals surface area contributed by atoms with E-state index < -0.39 is 11.9 Å². The van der Waals surface area contributed by atoms with Crippen molar-refractivity contribution in [1.29, 1.82) is 0 Å². The van der Waals surface area contributed by atoms with Crippen LogP contribution >= 0.6 is 11.8 Å². The fourth-order valence-electron chi connectivity index (χ4n) is 1.99. The summed E-state index contributed by atoms with van der Waals surface area (Å²) >= 11 is 1.57. The minimum Gasteiger partial charge on any atom is -0.308 e. The van der Waals surface area contributed by atoms with Crippen molar-refractivity contribution in [3.05, 3.63) is 59.7 Å². The molecule has 0 bridgehead atoms. The van der Waals surface area contributed by atoms with E-state index in [4.69, 9.17) is 0 Å². The summed E-state index contributed by atoms with van der Waals surface area (Å²) in [4.78, 5) is 36.6. The Morgan fingerprint density at radius 3 is 2.17 bits per heavy atom. The molecule has 5 nitrogen and oxygen atoms in total. The molecule has 0 aliphatic carbocycles. The number of rotatable bonds is 5. The molecule has 3 amide bonds. The molecule has 0 heterocycles. The number of imide groups is 1. The predicted octanol–water partition coefficient (Wildman–Crippen LogP) is 3.64. The second kappa shape index (κ2) is 8.31. The number of carbonyl (C=O) groups excluding carboxylic acids is 3. The molecule has 0 aliphatic rings. The zero-order valence-electron chi connectivity index (χ0n) is 13.5. The average molecular weight is 342 g/mol.